The molecule has 0 saturated carbocycles. The van der Waals surface area contributed by atoms with Gasteiger partial charge in [0, 0.05) is 23.2 Å². The summed E-state index contributed by atoms with van der Waals surface area (Å²) in [6.07, 6.45) is 4.22. The van der Waals surface area contributed by atoms with Crippen LogP contribution in [0.5, 0.6) is 0 Å². The van der Waals surface area contributed by atoms with Gasteiger partial charge in [0.15, 0.2) is 9.84 Å². The molecule has 20 heavy (non-hydrogen) atoms. The average Bonchev–Trinajstić information content (AvgIpc) is 2.85. The summed E-state index contributed by atoms with van der Waals surface area (Å²) < 4.78 is 25.0. The van der Waals surface area contributed by atoms with E-state index in [1.165, 1.54) is 0 Å². The van der Waals surface area contributed by atoms with Crippen LogP contribution in [0.2, 0.25) is 0 Å². The summed E-state index contributed by atoms with van der Waals surface area (Å²) in [5.74, 6) is 0.356. The number of aromatic nitrogens is 2. The molecule has 0 unspecified atom stereocenters. The lowest BCUT2D eigenvalue weighted by atomic mass is 10.1. The molecule has 2 rings (SSSR count). The molecule has 0 aliphatic heterocycles. The molecular formula is C14H19N3O2S. The minimum atomic E-state index is -2.97. The zero-order chi connectivity index (χ0) is 14.6. The lowest BCUT2D eigenvalue weighted by molar-refractivity contribution is 0.579. The van der Waals surface area contributed by atoms with Crippen LogP contribution >= 0.6 is 0 Å². The van der Waals surface area contributed by atoms with Crippen LogP contribution in [0.25, 0.3) is 11.1 Å². The van der Waals surface area contributed by atoms with Gasteiger partial charge in [-0.05, 0) is 24.1 Å². The van der Waals surface area contributed by atoms with Gasteiger partial charge >= 0.3 is 0 Å². The van der Waals surface area contributed by atoms with Crippen LogP contribution in [0.4, 0.5) is 5.69 Å². The quantitative estimate of drug-likeness (QED) is 0.826. The number of hydrogen-bond donors (Lipinski definition) is 1. The molecule has 108 valence electrons. The monoisotopic (exact) mass is 293 g/mol. The number of nitrogens with zero attached hydrogens (tertiary/aromatic N) is 2. The number of anilines is 1. The first kappa shape index (κ1) is 14.6. The van der Waals surface area contributed by atoms with Crippen molar-refractivity contribution in [3.05, 3.63) is 36.7 Å². The van der Waals surface area contributed by atoms with E-state index in [1.807, 2.05) is 37.4 Å². The minimum Gasteiger partial charge on any atom is -0.399 e. The largest absolute Gasteiger partial charge is 0.399 e. The highest BCUT2D eigenvalue weighted by Crippen LogP contribution is 2.20. The van der Waals surface area contributed by atoms with Crippen molar-refractivity contribution in [2.45, 2.75) is 19.9 Å². The second-order valence-corrected chi connectivity index (χ2v) is 7.07. The Morgan fingerprint density at radius 3 is 2.75 bits per heavy atom. The van der Waals surface area contributed by atoms with Crippen molar-refractivity contribution in [2.24, 2.45) is 0 Å². The van der Waals surface area contributed by atoms with Crippen molar-refractivity contribution in [3.8, 4) is 11.1 Å². The minimum absolute atomic E-state index is 0.124. The molecule has 0 fully saturated rings. The standard InChI is InChI=1S/C14H19N3O2S/c1-2-7-20(18,19)8-6-17-11-13(10-16-17)12-4-3-5-14(15)9-12/h3-5,9-11H,2,6-8,15H2,1H3. The smallest absolute Gasteiger partial charge is 0.152 e. The molecule has 2 aromatic rings. The number of rotatable bonds is 6. The van der Waals surface area contributed by atoms with Crippen molar-refractivity contribution in [1.29, 1.82) is 0 Å². The molecular weight excluding hydrogens is 274 g/mol. The normalized spacial score (nSPS) is 11.7. The Morgan fingerprint density at radius 1 is 1.25 bits per heavy atom. The molecule has 1 heterocycles. The first-order valence-electron chi connectivity index (χ1n) is 6.59. The summed E-state index contributed by atoms with van der Waals surface area (Å²) in [4.78, 5) is 0. The number of sulfone groups is 1. The van der Waals surface area contributed by atoms with Crippen molar-refractivity contribution < 1.29 is 8.42 Å². The molecule has 0 bridgehead atoms. The van der Waals surface area contributed by atoms with Gasteiger partial charge in [-0.15, -0.1) is 0 Å². The maximum atomic E-state index is 11.7. The summed E-state index contributed by atoms with van der Waals surface area (Å²) in [5.41, 5.74) is 8.36. The van der Waals surface area contributed by atoms with Gasteiger partial charge in [0.05, 0.1) is 18.5 Å². The van der Waals surface area contributed by atoms with Crippen LogP contribution in [0.1, 0.15) is 13.3 Å². The van der Waals surface area contributed by atoms with Crippen molar-refractivity contribution in [2.75, 3.05) is 17.2 Å². The third-order valence-electron chi connectivity index (χ3n) is 3.00. The molecule has 2 N–H and O–H groups in total. The Balaban J connectivity index is 2.06. The van der Waals surface area contributed by atoms with Crippen LogP contribution in [-0.4, -0.2) is 29.7 Å². The summed E-state index contributed by atoms with van der Waals surface area (Å²) >= 11 is 0. The summed E-state index contributed by atoms with van der Waals surface area (Å²) in [5, 5.41) is 4.20. The van der Waals surface area contributed by atoms with Crippen molar-refractivity contribution in [1.82, 2.24) is 9.78 Å². The van der Waals surface area contributed by atoms with Gasteiger partial charge in [0.2, 0.25) is 0 Å². The van der Waals surface area contributed by atoms with E-state index in [2.05, 4.69) is 5.10 Å². The van der Waals surface area contributed by atoms with Crippen LogP contribution in [0.15, 0.2) is 36.7 Å². The average molecular weight is 293 g/mol. The fraction of sp³-hybridized carbons (Fsp3) is 0.357. The topological polar surface area (TPSA) is 78.0 Å². The van der Waals surface area contributed by atoms with E-state index >= 15 is 0 Å². The van der Waals surface area contributed by atoms with Crippen molar-refractivity contribution >= 4 is 15.5 Å². The predicted molar refractivity (Wildman–Crippen MR) is 81.0 cm³/mol. The number of benzene rings is 1. The number of aryl methyl sites for hydroxylation is 1. The Hall–Kier alpha value is -1.82. The lowest BCUT2D eigenvalue weighted by Gasteiger charge is -2.03. The van der Waals surface area contributed by atoms with Gasteiger partial charge in [-0.25, -0.2) is 8.42 Å². The van der Waals surface area contributed by atoms with E-state index < -0.39 is 9.84 Å². The van der Waals surface area contributed by atoms with Gasteiger partial charge in [-0.3, -0.25) is 4.68 Å². The van der Waals surface area contributed by atoms with Gasteiger partial charge in [0.1, 0.15) is 0 Å². The third kappa shape index (κ3) is 3.84. The summed E-state index contributed by atoms with van der Waals surface area (Å²) in [6, 6.07) is 7.53. The number of nitrogens with two attached hydrogens (primary N) is 1. The molecule has 0 saturated heterocycles. The van der Waals surface area contributed by atoms with Crippen molar-refractivity contribution in [3.63, 3.8) is 0 Å². The molecule has 0 spiro atoms. The van der Waals surface area contributed by atoms with Gasteiger partial charge in [0.25, 0.3) is 0 Å². The Kier molecular flexibility index (Phi) is 4.44. The maximum Gasteiger partial charge on any atom is 0.152 e. The second kappa shape index (κ2) is 6.09. The highest BCUT2D eigenvalue weighted by molar-refractivity contribution is 7.91. The van der Waals surface area contributed by atoms with Crippen LogP contribution in [0, 0.1) is 0 Å². The fourth-order valence-corrected chi connectivity index (χ4v) is 3.29. The van der Waals surface area contributed by atoms with Crippen LogP contribution in [0.3, 0.4) is 0 Å². The Labute approximate surface area is 119 Å². The molecule has 1 aromatic carbocycles. The second-order valence-electron chi connectivity index (χ2n) is 4.77. The summed E-state index contributed by atoms with van der Waals surface area (Å²) in [7, 11) is -2.97. The predicted octanol–water partition coefficient (Wildman–Crippen LogP) is 1.96. The number of nitrogen functional groups attached to an aromatic ring is 1. The Bertz CT molecular complexity index is 677. The van der Waals surface area contributed by atoms with E-state index in [0.29, 0.717) is 18.7 Å². The maximum absolute atomic E-state index is 11.7. The fourth-order valence-electron chi connectivity index (χ4n) is 2.00. The molecule has 0 atom stereocenters. The molecule has 1 aromatic heterocycles. The number of hydrogen-bond acceptors (Lipinski definition) is 4. The first-order valence-corrected chi connectivity index (χ1v) is 8.41. The van der Waals surface area contributed by atoms with Crippen LogP contribution in [-0.2, 0) is 16.4 Å². The van der Waals surface area contributed by atoms with E-state index in [0.717, 1.165) is 11.1 Å². The highest BCUT2D eigenvalue weighted by atomic mass is 32.2. The molecule has 0 amide bonds. The Morgan fingerprint density at radius 2 is 2.05 bits per heavy atom. The van der Waals surface area contributed by atoms with Gasteiger partial charge in [-0.1, -0.05) is 19.1 Å². The third-order valence-corrected chi connectivity index (χ3v) is 4.83. The van der Waals surface area contributed by atoms with Gasteiger partial charge in [-0.2, -0.15) is 5.10 Å². The summed E-state index contributed by atoms with van der Waals surface area (Å²) in [6.45, 7) is 2.24. The SMILES string of the molecule is CCCS(=O)(=O)CCn1cc(-c2cccc(N)c2)cn1. The molecule has 6 heteroatoms. The van der Waals surface area contributed by atoms with Gasteiger partial charge < -0.3 is 5.73 Å². The zero-order valence-corrected chi connectivity index (χ0v) is 12.3. The van der Waals surface area contributed by atoms with Crippen LogP contribution < -0.4 is 5.73 Å². The van der Waals surface area contributed by atoms with E-state index in [4.69, 9.17) is 5.73 Å². The molecule has 0 aliphatic rings. The highest BCUT2D eigenvalue weighted by Gasteiger charge is 2.10. The van der Waals surface area contributed by atoms with E-state index in [1.54, 1.807) is 10.9 Å². The lowest BCUT2D eigenvalue weighted by Crippen LogP contribution is -2.15. The molecule has 0 aliphatic carbocycles. The first-order chi connectivity index (χ1) is 9.50. The van der Waals surface area contributed by atoms with E-state index in [9.17, 15) is 8.42 Å². The molecule has 5 nitrogen and oxygen atoms in total. The van der Waals surface area contributed by atoms with E-state index in [-0.39, 0.29) is 11.5 Å². The molecule has 0 radical (unpaired) electrons. The zero-order valence-electron chi connectivity index (χ0n) is 11.5.